The molecule has 4 aromatic carbocycles. The Morgan fingerprint density at radius 3 is 1.86 bits per heavy atom. The fourth-order valence-corrected chi connectivity index (χ4v) is 4.10. The minimum Gasteiger partial charge on any atom is -0.207 e. The number of hydrogen-bond donors (Lipinski definition) is 0. The molecule has 0 saturated heterocycles. The first-order valence-electron chi connectivity index (χ1n) is 11.7. The third-order valence-electron chi connectivity index (χ3n) is 6.09. The van der Waals surface area contributed by atoms with Gasteiger partial charge in [0.1, 0.15) is 23.3 Å². The minimum absolute atomic E-state index is 0.00204. The van der Waals surface area contributed by atoms with E-state index in [2.05, 4.69) is 11.8 Å². The van der Waals surface area contributed by atoms with Crippen LogP contribution in [0.4, 0.5) is 30.7 Å². The van der Waals surface area contributed by atoms with E-state index in [4.69, 9.17) is 0 Å². The van der Waals surface area contributed by atoms with Crippen LogP contribution in [0.15, 0.2) is 48.5 Å². The average Bonchev–Trinajstić information content (AvgIpc) is 2.85. The molecule has 0 unspecified atom stereocenters. The lowest BCUT2D eigenvalue weighted by molar-refractivity contribution is 0.453. The summed E-state index contributed by atoms with van der Waals surface area (Å²) in [4.78, 5) is 0. The van der Waals surface area contributed by atoms with Crippen molar-refractivity contribution in [2.24, 2.45) is 0 Å². The molecule has 0 radical (unpaired) electrons. The van der Waals surface area contributed by atoms with Crippen LogP contribution >= 0.6 is 0 Å². The van der Waals surface area contributed by atoms with Gasteiger partial charge in [-0.15, -0.1) is 0 Å². The van der Waals surface area contributed by atoms with Crippen molar-refractivity contribution < 1.29 is 30.7 Å². The minimum atomic E-state index is -1.59. The zero-order valence-electron chi connectivity index (χ0n) is 19.8. The highest BCUT2D eigenvalue weighted by molar-refractivity contribution is 5.84. The summed E-state index contributed by atoms with van der Waals surface area (Å²) in [5.41, 5.74) is 0.295. The second-order valence-electron chi connectivity index (χ2n) is 8.75. The summed E-state index contributed by atoms with van der Waals surface area (Å²) in [6, 6.07) is 9.27. The van der Waals surface area contributed by atoms with Crippen LogP contribution in [0.5, 0.6) is 0 Å². The maximum Gasteiger partial charge on any atom is 0.195 e. The summed E-state index contributed by atoms with van der Waals surface area (Å²) in [6.07, 6.45) is 2.19. The summed E-state index contributed by atoms with van der Waals surface area (Å²) < 4.78 is 98.9. The molecule has 0 heterocycles. The Morgan fingerprint density at radius 2 is 1.22 bits per heavy atom. The number of fused-ring (bicyclic) bond motifs is 1. The molecule has 0 fully saturated rings. The molecule has 0 aromatic heterocycles. The van der Waals surface area contributed by atoms with Gasteiger partial charge in [-0.3, -0.25) is 0 Å². The molecule has 0 aliphatic heterocycles. The molecular formula is C30H21F7. The predicted molar refractivity (Wildman–Crippen MR) is 129 cm³/mol. The third-order valence-corrected chi connectivity index (χ3v) is 6.09. The lowest BCUT2D eigenvalue weighted by atomic mass is 9.99. The second kappa shape index (κ2) is 11.1. The highest BCUT2D eigenvalue weighted by Crippen LogP contribution is 2.25. The Bertz CT molecular complexity index is 1500. The van der Waals surface area contributed by atoms with Gasteiger partial charge in [0, 0.05) is 16.5 Å². The third kappa shape index (κ3) is 5.80. The summed E-state index contributed by atoms with van der Waals surface area (Å²) in [5.74, 6) is -2.70. The van der Waals surface area contributed by atoms with Crippen LogP contribution in [0, 0.1) is 52.6 Å². The van der Waals surface area contributed by atoms with Crippen molar-refractivity contribution >= 4 is 10.8 Å². The molecule has 0 N–H and O–H groups in total. The Balaban J connectivity index is 1.53. The maximum absolute atomic E-state index is 14.6. The van der Waals surface area contributed by atoms with Gasteiger partial charge >= 0.3 is 0 Å². The van der Waals surface area contributed by atoms with Crippen LogP contribution in [0.2, 0.25) is 0 Å². The predicted octanol–water partition coefficient (Wildman–Crippen LogP) is 8.34. The average molecular weight is 514 g/mol. The summed E-state index contributed by atoms with van der Waals surface area (Å²) in [5, 5.41) is -0.119. The van der Waals surface area contributed by atoms with Gasteiger partial charge in [-0.25, -0.2) is 30.7 Å². The van der Waals surface area contributed by atoms with Gasteiger partial charge in [0.2, 0.25) is 0 Å². The molecule has 0 aliphatic carbocycles. The van der Waals surface area contributed by atoms with E-state index in [1.807, 2.05) is 6.92 Å². The molecule has 0 amide bonds. The van der Waals surface area contributed by atoms with Gasteiger partial charge < -0.3 is 0 Å². The molecular weight excluding hydrogens is 493 g/mol. The highest BCUT2D eigenvalue weighted by atomic mass is 19.2. The molecule has 0 bridgehead atoms. The normalized spacial score (nSPS) is 11.0. The Morgan fingerprint density at radius 1 is 0.595 bits per heavy atom. The van der Waals surface area contributed by atoms with Gasteiger partial charge in [-0.2, -0.15) is 0 Å². The van der Waals surface area contributed by atoms with Crippen molar-refractivity contribution in [3.63, 3.8) is 0 Å². The summed E-state index contributed by atoms with van der Waals surface area (Å²) in [6.45, 7) is 1.98. The van der Waals surface area contributed by atoms with E-state index in [1.54, 1.807) is 0 Å². The van der Waals surface area contributed by atoms with Gasteiger partial charge in [0.25, 0.3) is 0 Å². The Labute approximate surface area is 209 Å². The molecule has 0 atom stereocenters. The van der Waals surface area contributed by atoms with Crippen molar-refractivity contribution in [1.29, 1.82) is 0 Å². The monoisotopic (exact) mass is 514 g/mol. The van der Waals surface area contributed by atoms with Crippen LogP contribution in [-0.2, 0) is 19.3 Å². The van der Waals surface area contributed by atoms with E-state index in [1.165, 1.54) is 30.3 Å². The Hall–Kier alpha value is -3.79. The van der Waals surface area contributed by atoms with E-state index in [0.717, 1.165) is 31.0 Å². The molecule has 0 aliphatic rings. The standard InChI is InChI=1S/C30H21F7/c1-2-3-4-18-12-24(31)23(25(32)13-18)10-7-19-14-26(33)22(27(34)15-19)9-6-17-5-8-21-20(11-17)16-28(35)30(37)29(21)36/h5,8,11-16H,2-4,7,10H2,1H3. The largest absolute Gasteiger partial charge is 0.207 e. The Kier molecular flexibility index (Phi) is 7.87. The molecule has 190 valence electrons. The fraction of sp³-hybridized carbons (Fsp3) is 0.200. The van der Waals surface area contributed by atoms with Gasteiger partial charge in [0.05, 0.1) is 5.56 Å². The van der Waals surface area contributed by atoms with E-state index in [-0.39, 0.29) is 40.3 Å². The highest BCUT2D eigenvalue weighted by Gasteiger charge is 2.15. The molecule has 7 heteroatoms. The number of benzene rings is 4. The smallest absolute Gasteiger partial charge is 0.195 e. The molecule has 4 rings (SSSR count). The summed E-state index contributed by atoms with van der Waals surface area (Å²) in [7, 11) is 0. The van der Waals surface area contributed by atoms with Crippen molar-refractivity contribution in [3.8, 4) is 11.8 Å². The first kappa shape index (κ1) is 26.3. The number of halogens is 7. The molecule has 37 heavy (non-hydrogen) atoms. The van der Waals surface area contributed by atoms with Gasteiger partial charge in [-0.1, -0.05) is 31.3 Å². The van der Waals surface area contributed by atoms with E-state index in [9.17, 15) is 30.7 Å². The number of rotatable bonds is 6. The van der Waals surface area contributed by atoms with E-state index >= 15 is 0 Å². The lowest BCUT2D eigenvalue weighted by Gasteiger charge is -2.09. The number of aryl methyl sites for hydroxylation is 2. The topological polar surface area (TPSA) is 0 Å². The van der Waals surface area contributed by atoms with Gasteiger partial charge in [-0.05, 0) is 84.7 Å². The van der Waals surface area contributed by atoms with Crippen molar-refractivity contribution in [1.82, 2.24) is 0 Å². The van der Waals surface area contributed by atoms with Crippen molar-refractivity contribution in [3.05, 3.63) is 117 Å². The maximum atomic E-state index is 14.6. The van der Waals surface area contributed by atoms with Crippen LogP contribution in [0.25, 0.3) is 10.8 Å². The zero-order chi connectivity index (χ0) is 26.7. The van der Waals surface area contributed by atoms with Gasteiger partial charge in [0.15, 0.2) is 17.5 Å². The van der Waals surface area contributed by atoms with Crippen LogP contribution in [-0.4, -0.2) is 0 Å². The number of unbranched alkanes of at least 4 members (excludes halogenated alkanes) is 1. The molecule has 0 nitrogen and oxygen atoms in total. The van der Waals surface area contributed by atoms with Crippen molar-refractivity contribution in [2.75, 3.05) is 0 Å². The second-order valence-corrected chi connectivity index (χ2v) is 8.75. The van der Waals surface area contributed by atoms with Crippen LogP contribution in [0.3, 0.4) is 0 Å². The quantitative estimate of drug-likeness (QED) is 0.138. The first-order chi connectivity index (χ1) is 17.7. The van der Waals surface area contributed by atoms with E-state index < -0.39 is 46.3 Å². The lowest BCUT2D eigenvalue weighted by Crippen LogP contribution is -2.02. The van der Waals surface area contributed by atoms with E-state index in [0.29, 0.717) is 12.0 Å². The van der Waals surface area contributed by atoms with Crippen LogP contribution < -0.4 is 0 Å². The SMILES string of the molecule is CCCCc1cc(F)c(CCc2cc(F)c(C#Cc3ccc4c(F)c(F)c(F)cc4c3)c(F)c2)c(F)c1. The van der Waals surface area contributed by atoms with Crippen molar-refractivity contribution in [2.45, 2.75) is 39.0 Å². The molecule has 0 spiro atoms. The zero-order valence-corrected chi connectivity index (χ0v) is 19.8. The first-order valence-corrected chi connectivity index (χ1v) is 11.7. The molecule has 4 aromatic rings. The number of hydrogen-bond acceptors (Lipinski definition) is 0. The summed E-state index contributed by atoms with van der Waals surface area (Å²) >= 11 is 0. The fourth-order valence-electron chi connectivity index (χ4n) is 4.10. The van der Waals surface area contributed by atoms with Crippen LogP contribution in [0.1, 0.15) is 47.6 Å². The molecule has 0 saturated carbocycles.